The molecule has 4 rings (SSSR count). The number of carbonyl (C=O) groups excluding carboxylic acids is 2. The molecule has 0 aliphatic carbocycles. The lowest BCUT2D eigenvalue weighted by atomic mass is 10.1. The van der Waals surface area contributed by atoms with Crippen LogP contribution in [-0.4, -0.2) is 38.7 Å². The molecule has 2 heterocycles. The van der Waals surface area contributed by atoms with Crippen LogP contribution in [0.3, 0.4) is 0 Å². The van der Waals surface area contributed by atoms with Crippen LogP contribution < -0.4 is 0 Å². The maximum atomic E-state index is 12.5. The minimum Gasteiger partial charge on any atom is -0.478 e. The first-order chi connectivity index (χ1) is 14.3. The summed E-state index contributed by atoms with van der Waals surface area (Å²) in [6, 6.07) is 13.2. The van der Waals surface area contributed by atoms with Crippen LogP contribution in [-0.2, 0) is 0 Å². The van der Waals surface area contributed by atoms with E-state index >= 15 is 0 Å². The second kappa shape index (κ2) is 7.27. The summed E-state index contributed by atoms with van der Waals surface area (Å²) >= 11 is 6.11. The number of benzene rings is 2. The summed E-state index contributed by atoms with van der Waals surface area (Å²) in [5.41, 5.74) is 3.75. The molecule has 3 aromatic rings. The molecular weight excluding hydrogens is 406 g/mol. The first-order valence-corrected chi connectivity index (χ1v) is 9.41. The Kier molecular flexibility index (Phi) is 4.75. The van der Waals surface area contributed by atoms with Crippen LogP contribution in [0.1, 0.15) is 48.0 Å². The number of hydrogen-bond donors (Lipinski definition) is 1. The van der Waals surface area contributed by atoms with Gasteiger partial charge in [0.25, 0.3) is 11.8 Å². The Balaban J connectivity index is 1.67. The lowest BCUT2D eigenvalue weighted by Crippen LogP contribution is -2.24. The fourth-order valence-electron chi connectivity index (χ4n) is 3.53. The number of aromatic nitrogens is 1. The molecule has 0 atom stereocenters. The van der Waals surface area contributed by atoms with Gasteiger partial charge in [0.1, 0.15) is 0 Å². The van der Waals surface area contributed by atoms with Gasteiger partial charge in [-0.3, -0.25) is 9.59 Å². The zero-order valence-corrected chi connectivity index (χ0v) is 16.8. The van der Waals surface area contributed by atoms with Gasteiger partial charge in [-0.1, -0.05) is 23.7 Å². The van der Waals surface area contributed by atoms with Crippen LogP contribution in [0.25, 0.3) is 5.69 Å². The number of halogens is 1. The van der Waals surface area contributed by atoms with Gasteiger partial charge in [0.15, 0.2) is 0 Å². The van der Waals surface area contributed by atoms with Crippen molar-refractivity contribution in [3.8, 4) is 5.69 Å². The van der Waals surface area contributed by atoms with E-state index < -0.39 is 17.8 Å². The summed E-state index contributed by atoms with van der Waals surface area (Å²) in [7, 11) is 0. The zero-order valence-electron chi connectivity index (χ0n) is 16.1. The van der Waals surface area contributed by atoms with Crippen molar-refractivity contribution < 1.29 is 19.5 Å². The Hall–Kier alpha value is -3.71. The lowest BCUT2D eigenvalue weighted by molar-refractivity contribution is 0.0656. The molecule has 1 aliphatic heterocycles. The largest absolute Gasteiger partial charge is 0.478 e. The molecule has 7 nitrogen and oxygen atoms in total. The zero-order chi connectivity index (χ0) is 21.6. The highest BCUT2D eigenvalue weighted by Gasteiger charge is 2.35. The van der Waals surface area contributed by atoms with Crippen molar-refractivity contribution in [1.29, 1.82) is 0 Å². The van der Waals surface area contributed by atoms with Crippen molar-refractivity contribution in [2.75, 3.05) is 0 Å². The molecule has 8 heteroatoms. The van der Waals surface area contributed by atoms with Gasteiger partial charge in [0.05, 0.1) is 27.9 Å². The normalized spacial score (nSPS) is 13.4. The molecule has 1 aromatic heterocycles. The number of rotatable bonds is 4. The average molecular weight is 422 g/mol. The summed E-state index contributed by atoms with van der Waals surface area (Å²) in [6.45, 7) is 3.74. The Morgan fingerprint density at radius 3 is 2.23 bits per heavy atom. The van der Waals surface area contributed by atoms with Gasteiger partial charge >= 0.3 is 5.97 Å². The summed E-state index contributed by atoms with van der Waals surface area (Å²) in [5, 5.41) is 14.3. The Morgan fingerprint density at radius 2 is 1.67 bits per heavy atom. The summed E-state index contributed by atoms with van der Waals surface area (Å²) in [6.07, 6.45) is 1.47. The van der Waals surface area contributed by atoms with Crippen molar-refractivity contribution >= 4 is 35.6 Å². The third-order valence-corrected chi connectivity index (χ3v) is 5.31. The van der Waals surface area contributed by atoms with Crippen LogP contribution in [0.2, 0.25) is 5.02 Å². The van der Waals surface area contributed by atoms with E-state index in [-0.39, 0.29) is 10.6 Å². The molecule has 150 valence electrons. The highest BCUT2D eigenvalue weighted by molar-refractivity contribution is 6.33. The number of carboxylic acid groups (broad SMARTS) is 1. The van der Waals surface area contributed by atoms with Crippen LogP contribution in [0.15, 0.2) is 53.6 Å². The quantitative estimate of drug-likeness (QED) is 0.507. The molecule has 0 saturated heterocycles. The van der Waals surface area contributed by atoms with Gasteiger partial charge < -0.3 is 9.67 Å². The van der Waals surface area contributed by atoms with E-state index in [0.29, 0.717) is 22.4 Å². The van der Waals surface area contributed by atoms with E-state index in [4.69, 9.17) is 16.7 Å². The molecular formula is C22H16ClN3O4. The van der Waals surface area contributed by atoms with Crippen molar-refractivity contribution in [2.45, 2.75) is 13.8 Å². The van der Waals surface area contributed by atoms with Crippen molar-refractivity contribution in [3.63, 3.8) is 0 Å². The molecule has 30 heavy (non-hydrogen) atoms. The topological polar surface area (TPSA) is 92.0 Å². The second-order valence-electron chi connectivity index (χ2n) is 6.84. The minimum absolute atomic E-state index is 0.0234. The van der Waals surface area contributed by atoms with Gasteiger partial charge in [-0.2, -0.15) is 10.1 Å². The van der Waals surface area contributed by atoms with Crippen LogP contribution in [0.4, 0.5) is 0 Å². The fraction of sp³-hybridized carbons (Fsp3) is 0.0909. The second-order valence-corrected chi connectivity index (χ2v) is 7.25. The van der Waals surface area contributed by atoms with Gasteiger partial charge in [-0.05, 0) is 50.2 Å². The SMILES string of the molecule is Cc1cc(/C=N\N2C(=O)c3ccccc3C2=O)c(C)n1-c1ccc(C(=O)O)c(Cl)c1. The molecule has 1 aliphatic rings. The minimum atomic E-state index is -1.10. The average Bonchev–Trinajstić information content (AvgIpc) is 3.13. The van der Waals surface area contributed by atoms with Gasteiger partial charge in [-0.15, -0.1) is 0 Å². The number of imide groups is 1. The number of hydrazone groups is 1. The summed E-state index contributed by atoms with van der Waals surface area (Å²) in [4.78, 5) is 36.1. The number of nitrogens with zero attached hydrogens (tertiary/aromatic N) is 3. The van der Waals surface area contributed by atoms with E-state index in [0.717, 1.165) is 16.4 Å². The van der Waals surface area contributed by atoms with Gasteiger partial charge in [0, 0.05) is 22.6 Å². The highest BCUT2D eigenvalue weighted by Crippen LogP contribution is 2.26. The molecule has 0 spiro atoms. The number of carbonyl (C=O) groups is 3. The number of carboxylic acids is 1. The van der Waals surface area contributed by atoms with Crippen molar-refractivity contribution in [3.05, 3.63) is 87.2 Å². The monoisotopic (exact) mass is 421 g/mol. The predicted molar refractivity (Wildman–Crippen MR) is 112 cm³/mol. The maximum Gasteiger partial charge on any atom is 0.337 e. The molecule has 0 unspecified atom stereocenters. The maximum absolute atomic E-state index is 12.5. The Morgan fingerprint density at radius 1 is 1.03 bits per heavy atom. The number of amides is 2. The van der Waals surface area contributed by atoms with E-state index in [9.17, 15) is 14.4 Å². The molecule has 1 N–H and O–H groups in total. The van der Waals surface area contributed by atoms with Crippen LogP contribution in [0, 0.1) is 13.8 Å². The molecule has 2 aromatic carbocycles. The predicted octanol–water partition coefficient (Wildman–Crippen LogP) is 4.08. The van der Waals surface area contributed by atoms with Crippen LogP contribution >= 0.6 is 11.6 Å². The van der Waals surface area contributed by atoms with Crippen LogP contribution in [0.5, 0.6) is 0 Å². The van der Waals surface area contributed by atoms with E-state index in [1.165, 1.54) is 12.3 Å². The number of hydrogen-bond acceptors (Lipinski definition) is 4. The number of aromatic carboxylic acids is 1. The lowest BCUT2D eigenvalue weighted by Gasteiger charge is -2.11. The fourth-order valence-corrected chi connectivity index (χ4v) is 3.79. The molecule has 0 radical (unpaired) electrons. The standard InChI is InChI=1S/C22H16ClN3O4/c1-12-9-14(11-24-26-20(27)16-5-3-4-6-17(16)21(26)28)13(2)25(12)15-7-8-18(22(29)30)19(23)10-15/h3-11H,1-2H3,(H,29,30)/b24-11-. The Bertz CT molecular complexity index is 1220. The van der Waals surface area contributed by atoms with Gasteiger partial charge in [0.2, 0.25) is 0 Å². The third kappa shape index (κ3) is 3.09. The molecule has 0 saturated carbocycles. The smallest absolute Gasteiger partial charge is 0.337 e. The van der Waals surface area contributed by atoms with Gasteiger partial charge in [-0.25, -0.2) is 4.79 Å². The van der Waals surface area contributed by atoms with Crippen molar-refractivity contribution in [2.24, 2.45) is 5.10 Å². The molecule has 0 bridgehead atoms. The third-order valence-electron chi connectivity index (χ3n) is 5.00. The van der Waals surface area contributed by atoms with Crippen molar-refractivity contribution in [1.82, 2.24) is 9.58 Å². The summed E-state index contributed by atoms with van der Waals surface area (Å²) in [5.74, 6) is -2.02. The first-order valence-electron chi connectivity index (χ1n) is 9.03. The number of fused-ring (bicyclic) bond motifs is 1. The van der Waals surface area contributed by atoms with E-state index in [1.807, 2.05) is 24.5 Å². The van der Waals surface area contributed by atoms with E-state index in [2.05, 4.69) is 5.10 Å². The Labute approximate surface area is 176 Å². The number of aryl methyl sites for hydroxylation is 1. The highest BCUT2D eigenvalue weighted by atomic mass is 35.5. The van der Waals surface area contributed by atoms with E-state index in [1.54, 1.807) is 36.4 Å². The summed E-state index contributed by atoms with van der Waals surface area (Å²) < 4.78 is 1.89. The molecule has 0 fully saturated rings. The molecule has 2 amide bonds. The first kappa shape index (κ1) is 19.6.